The van der Waals surface area contributed by atoms with E-state index in [-0.39, 0.29) is 0 Å². The van der Waals surface area contributed by atoms with Gasteiger partial charge in [-0.05, 0) is 49.1 Å². The Labute approximate surface area is 129 Å². The van der Waals surface area contributed by atoms with Gasteiger partial charge >= 0.3 is 0 Å². The van der Waals surface area contributed by atoms with Crippen molar-refractivity contribution >= 4 is 15.9 Å². The quantitative estimate of drug-likeness (QED) is 0.800. The van der Waals surface area contributed by atoms with E-state index in [0.29, 0.717) is 13.2 Å². The van der Waals surface area contributed by atoms with Crippen molar-refractivity contribution in [3.63, 3.8) is 0 Å². The maximum absolute atomic E-state index is 9.91. The van der Waals surface area contributed by atoms with Crippen LogP contribution in [0.25, 0.3) is 0 Å². The minimum atomic E-state index is -0.463. The Balaban J connectivity index is 1.60. The van der Waals surface area contributed by atoms with E-state index in [1.165, 1.54) is 19.3 Å². The molecule has 3 atom stereocenters. The first kappa shape index (κ1) is 15.8. The minimum absolute atomic E-state index is 0.328. The van der Waals surface area contributed by atoms with Gasteiger partial charge in [0.25, 0.3) is 0 Å². The molecule has 1 saturated carbocycles. The molecule has 4 heteroatoms. The molecule has 1 aromatic carbocycles. The number of nitrogens with one attached hydrogen (secondary N) is 1. The van der Waals surface area contributed by atoms with Gasteiger partial charge in [-0.25, -0.2) is 0 Å². The number of hydrogen-bond acceptors (Lipinski definition) is 3. The number of aliphatic hydroxyl groups excluding tert-OH is 1. The van der Waals surface area contributed by atoms with Crippen molar-refractivity contribution in [3.8, 4) is 5.75 Å². The lowest BCUT2D eigenvalue weighted by Gasteiger charge is -2.18. The van der Waals surface area contributed by atoms with Gasteiger partial charge in [-0.2, -0.15) is 0 Å². The van der Waals surface area contributed by atoms with Gasteiger partial charge in [-0.15, -0.1) is 0 Å². The first-order valence-electron chi connectivity index (χ1n) is 7.42. The second-order valence-electron chi connectivity index (χ2n) is 5.75. The van der Waals surface area contributed by atoms with Crippen LogP contribution in [0.1, 0.15) is 26.2 Å². The molecule has 0 amide bonds. The smallest absolute Gasteiger partial charge is 0.119 e. The van der Waals surface area contributed by atoms with Crippen LogP contribution in [0.3, 0.4) is 0 Å². The first-order valence-corrected chi connectivity index (χ1v) is 8.21. The van der Waals surface area contributed by atoms with Gasteiger partial charge in [-0.1, -0.05) is 35.7 Å². The largest absolute Gasteiger partial charge is 0.491 e. The van der Waals surface area contributed by atoms with Crippen molar-refractivity contribution in [1.29, 1.82) is 0 Å². The van der Waals surface area contributed by atoms with Crippen LogP contribution in [0, 0.1) is 11.8 Å². The third-order valence-corrected chi connectivity index (χ3v) is 4.61. The maximum atomic E-state index is 9.91. The zero-order valence-electron chi connectivity index (χ0n) is 12.0. The lowest BCUT2D eigenvalue weighted by molar-refractivity contribution is 0.105. The van der Waals surface area contributed by atoms with E-state index < -0.39 is 6.10 Å². The van der Waals surface area contributed by atoms with Crippen LogP contribution in [0.15, 0.2) is 28.7 Å². The first-order chi connectivity index (χ1) is 9.65. The Morgan fingerprint density at radius 3 is 2.75 bits per heavy atom. The highest BCUT2D eigenvalue weighted by molar-refractivity contribution is 9.10. The number of benzene rings is 1. The van der Waals surface area contributed by atoms with Crippen LogP contribution >= 0.6 is 15.9 Å². The van der Waals surface area contributed by atoms with Gasteiger partial charge in [-0.3, -0.25) is 0 Å². The molecule has 0 radical (unpaired) electrons. The van der Waals surface area contributed by atoms with Crippen LogP contribution in [0.2, 0.25) is 0 Å². The number of aliphatic hydroxyl groups is 1. The SMILES string of the molecule is CC1CCCC1CNCC(O)COc1ccc(Br)cc1. The topological polar surface area (TPSA) is 41.5 Å². The third-order valence-electron chi connectivity index (χ3n) is 4.08. The van der Waals surface area contributed by atoms with Gasteiger partial charge < -0.3 is 15.2 Å². The molecule has 3 unspecified atom stereocenters. The normalized spacial score (nSPS) is 23.8. The molecule has 0 spiro atoms. The van der Waals surface area contributed by atoms with Crippen molar-refractivity contribution < 1.29 is 9.84 Å². The number of halogens is 1. The van der Waals surface area contributed by atoms with Gasteiger partial charge in [0.1, 0.15) is 18.5 Å². The molecule has 0 aromatic heterocycles. The van der Waals surface area contributed by atoms with Crippen molar-refractivity contribution in [2.45, 2.75) is 32.3 Å². The van der Waals surface area contributed by atoms with Crippen LogP contribution in [-0.4, -0.2) is 30.9 Å². The molecular formula is C16H24BrNO2. The molecule has 3 nitrogen and oxygen atoms in total. The monoisotopic (exact) mass is 341 g/mol. The van der Waals surface area contributed by atoms with E-state index in [1.54, 1.807) is 0 Å². The molecule has 1 aliphatic carbocycles. The number of hydrogen-bond donors (Lipinski definition) is 2. The Morgan fingerprint density at radius 1 is 1.35 bits per heavy atom. The summed E-state index contributed by atoms with van der Waals surface area (Å²) in [7, 11) is 0. The zero-order chi connectivity index (χ0) is 14.4. The van der Waals surface area contributed by atoms with Crippen LogP contribution in [0.4, 0.5) is 0 Å². The lowest BCUT2D eigenvalue weighted by Crippen LogP contribution is -2.34. The molecule has 112 valence electrons. The molecule has 1 fully saturated rings. The summed E-state index contributed by atoms with van der Waals surface area (Å²) in [4.78, 5) is 0. The highest BCUT2D eigenvalue weighted by atomic mass is 79.9. The molecule has 2 N–H and O–H groups in total. The van der Waals surface area contributed by atoms with Crippen molar-refractivity contribution in [1.82, 2.24) is 5.32 Å². The van der Waals surface area contributed by atoms with Crippen LogP contribution in [0.5, 0.6) is 5.75 Å². The molecule has 0 aliphatic heterocycles. The highest BCUT2D eigenvalue weighted by Gasteiger charge is 2.22. The fraction of sp³-hybridized carbons (Fsp3) is 0.625. The molecule has 2 rings (SSSR count). The van der Waals surface area contributed by atoms with Gasteiger partial charge in [0.05, 0.1) is 0 Å². The average molecular weight is 342 g/mol. The van der Waals surface area contributed by atoms with E-state index in [4.69, 9.17) is 4.74 Å². The summed E-state index contributed by atoms with van der Waals surface area (Å²) in [5.74, 6) is 2.38. The fourth-order valence-electron chi connectivity index (χ4n) is 2.74. The number of rotatable bonds is 7. The third kappa shape index (κ3) is 5.08. The Hall–Kier alpha value is -0.580. The number of ether oxygens (including phenoxy) is 1. The van der Waals surface area contributed by atoms with E-state index in [9.17, 15) is 5.11 Å². The van der Waals surface area contributed by atoms with E-state index in [0.717, 1.165) is 28.6 Å². The van der Waals surface area contributed by atoms with Crippen molar-refractivity contribution in [2.24, 2.45) is 11.8 Å². The molecule has 20 heavy (non-hydrogen) atoms. The van der Waals surface area contributed by atoms with Gasteiger partial charge in [0, 0.05) is 11.0 Å². The molecule has 0 heterocycles. The zero-order valence-corrected chi connectivity index (χ0v) is 13.6. The Kier molecular flexibility index (Phi) is 6.33. The predicted octanol–water partition coefficient (Wildman–Crippen LogP) is 3.21. The van der Waals surface area contributed by atoms with Crippen molar-refractivity contribution in [2.75, 3.05) is 19.7 Å². The summed E-state index contributed by atoms with van der Waals surface area (Å²) >= 11 is 3.38. The maximum Gasteiger partial charge on any atom is 0.119 e. The van der Waals surface area contributed by atoms with Crippen molar-refractivity contribution in [3.05, 3.63) is 28.7 Å². The molecule has 1 aromatic rings. The lowest BCUT2D eigenvalue weighted by atomic mass is 9.98. The standard InChI is InChI=1S/C16H24BrNO2/c1-12-3-2-4-13(12)9-18-10-15(19)11-20-16-7-5-14(17)6-8-16/h5-8,12-13,15,18-19H,2-4,9-11H2,1H3. The summed E-state index contributed by atoms with van der Waals surface area (Å²) in [5, 5.41) is 13.3. The summed E-state index contributed by atoms with van der Waals surface area (Å²) in [6, 6.07) is 7.65. The summed E-state index contributed by atoms with van der Waals surface area (Å²) in [6.07, 6.45) is 3.56. The van der Waals surface area contributed by atoms with E-state index in [1.807, 2.05) is 24.3 Å². The molecular weight excluding hydrogens is 318 g/mol. The average Bonchev–Trinajstić information content (AvgIpc) is 2.84. The van der Waals surface area contributed by atoms with Crippen LogP contribution < -0.4 is 10.1 Å². The molecule has 0 saturated heterocycles. The molecule has 0 bridgehead atoms. The minimum Gasteiger partial charge on any atom is -0.491 e. The summed E-state index contributed by atoms with van der Waals surface area (Å²) in [5.41, 5.74) is 0. The van der Waals surface area contributed by atoms with E-state index >= 15 is 0 Å². The van der Waals surface area contributed by atoms with E-state index in [2.05, 4.69) is 28.2 Å². The Morgan fingerprint density at radius 2 is 2.10 bits per heavy atom. The second kappa shape index (κ2) is 8.01. The fourth-order valence-corrected chi connectivity index (χ4v) is 3.01. The van der Waals surface area contributed by atoms with Gasteiger partial charge in [0.2, 0.25) is 0 Å². The summed E-state index contributed by atoms with van der Waals surface area (Å²) in [6.45, 7) is 4.26. The van der Waals surface area contributed by atoms with Gasteiger partial charge in [0.15, 0.2) is 0 Å². The van der Waals surface area contributed by atoms with Crippen LogP contribution in [-0.2, 0) is 0 Å². The summed E-state index contributed by atoms with van der Waals surface area (Å²) < 4.78 is 6.58. The molecule has 1 aliphatic rings. The Bertz CT molecular complexity index is 396. The highest BCUT2D eigenvalue weighted by Crippen LogP contribution is 2.30. The second-order valence-corrected chi connectivity index (χ2v) is 6.66. The predicted molar refractivity (Wildman–Crippen MR) is 85.0 cm³/mol.